The van der Waals surface area contributed by atoms with Gasteiger partial charge in [-0.15, -0.1) is 11.3 Å². The minimum atomic E-state index is -0.439. The van der Waals surface area contributed by atoms with Gasteiger partial charge in [0.15, 0.2) is 0 Å². The lowest BCUT2D eigenvalue weighted by atomic mass is 10.2. The van der Waals surface area contributed by atoms with Gasteiger partial charge in [-0.25, -0.2) is 10.4 Å². The van der Waals surface area contributed by atoms with Crippen molar-refractivity contribution in [3.8, 4) is 11.5 Å². The molecule has 0 aliphatic rings. The van der Waals surface area contributed by atoms with Crippen LogP contribution in [0.25, 0.3) is 10.2 Å². The SMILES string of the molecule is COc1ccc(OC)c(/C=N\NC(=O)Cn2cnc3sc(C)c(C)c3c2=O)c1. The molecule has 3 rings (SSSR count). The van der Waals surface area contributed by atoms with E-state index in [0.29, 0.717) is 27.3 Å². The van der Waals surface area contributed by atoms with Crippen molar-refractivity contribution in [2.24, 2.45) is 5.10 Å². The molecule has 0 spiro atoms. The molecular formula is C19H20N4O4S. The summed E-state index contributed by atoms with van der Waals surface area (Å²) in [6, 6.07) is 5.24. The van der Waals surface area contributed by atoms with Gasteiger partial charge in [-0.3, -0.25) is 14.2 Å². The van der Waals surface area contributed by atoms with Crippen molar-refractivity contribution in [2.45, 2.75) is 20.4 Å². The lowest BCUT2D eigenvalue weighted by Crippen LogP contribution is -2.30. The number of rotatable bonds is 6. The Morgan fingerprint density at radius 3 is 2.82 bits per heavy atom. The summed E-state index contributed by atoms with van der Waals surface area (Å²) in [5.74, 6) is 0.792. The molecule has 2 heterocycles. The standard InChI is InChI=1S/C19H20N4O4S/c1-11-12(2)28-18-17(11)19(25)23(10-20-18)9-16(24)22-21-8-13-7-14(26-3)5-6-15(13)27-4/h5-8,10H,9H2,1-4H3,(H,22,24)/b21-8-. The molecule has 0 unspecified atom stereocenters. The second-order valence-electron chi connectivity index (χ2n) is 6.04. The first kappa shape index (κ1) is 19.6. The lowest BCUT2D eigenvalue weighted by molar-refractivity contribution is -0.121. The predicted octanol–water partition coefficient (Wildman–Crippen LogP) is 2.24. The maximum absolute atomic E-state index is 12.6. The minimum Gasteiger partial charge on any atom is -0.497 e. The van der Waals surface area contributed by atoms with Gasteiger partial charge in [0.05, 0.1) is 32.1 Å². The van der Waals surface area contributed by atoms with E-state index in [4.69, 9.17) is 9.47 Å². The largest absolute Gasteiger partial charge is 0.497 e. The van der Waals surface area contributed by atoms with E-state index in [0.717, 1.165) is 10.4 Å². The number of nitrogens with one attached hydrogen (secondary N) is 1. The van der Waals surface area contributed by atoms with Crippen LogP contribution in [0.3, 0.4) is 0 Å². The highest BCUT2D eigenvalue weighted by Crippen LogP contribution is 2.25. The Hall–Kier alpha value is -3.20. The average Bonchev–Trinajstić information content (AvgIpc) is 2.98. The fourth-order valence-electron chi connectivity index (χ4n) is 2.69. The molecule has 3 aromatic rings. The van der Waals surface area contributed by atoms with E-state index in [1.54, 1.807) is 32.4 Å². The van der Waals surface area contributed by atoms with Crippen LogP contribution in [0.2, 0.25) is 0 Å². The van der Waals surface area contributed by atoms with Crippen molar-refractivity contribution in [1.82, 2.24) is 15.0 Å². The second-order valence-corrected chi connectivity index (χ2v) is 7.25. The van der Waals surface area contributed by atoms with E-state index in [1.807, 2.05) is 13.8 Å². The Balaban J connectivity index is 1.74. The molecule has 8 nitrogen and oxygen atoms in total. The molecule has 0 fully saturated rings. The zero-order chi connectivity index (χ0) is 20.3. The number of ether oxygens (including phenoxy) is 2. The Labute approximate surface area is 165 Å². The summed E-state index contributed by atoms with van der Waals surface area (Å²) in [5.41, 5.74) is 3.72. The van der Waals surface area contributed by atoms with Crippen molar-refractivity contribution in [3.63, 3.8) is 0 Å². The van der Waals surface area contributed by atoms with Gasteiger partial charge >= 0.3 is 0 Å². The molecule has 2 aromatic heterocycles. The number of aryl methyl sites for hydroxylation is 2. The van der Waals surface area contributed by atoms with Crippen molar-refractivity contribution in [3.05, 3.63) is 50.9 Å². The zero-order valence-corrected chi connectivity index (χ0v) is 16.8. The molecule has 0 saturated heterocycles. The molecular weight excluding hydrogens is 380 g/mol. The summed E-state index contributed by atoms with van der Waals surface area (Å²) in [6.45, 7) is 3.65. The molecule has 0 atom stereocenters. The van der Waals surface area contributed by atoms with E-state index in [1.165, 1.54) is 28.4 Å². The maximum atomic E-state index is 12.6. The van der Waals surface area contributed by atoms with E-state index in [9.17, 15) is 9.59 Å². The zero-order valence-electron chi connectivity index (χ0n) is 16.0. The Morgan fingerprint density at radius 2 is 2.11 bits per heavy atom. The molecule has 1 aromatic carbocycles. The predicted molar refractivity (Wildman–Crippen MR) is 109 cm³/mol. The fraction of sp³-hybridized carbons (Fsp3) is 0.263. The summed E-state index contributed by atoms with van der Waals surface area (Å²) >= 11 is 1.47. The van der Waals surface area contributed by atoms with Crippen LogP contribution < -0.4 is 20.5 Å². The lowest BCUT2D eigenvalue weighted by Gasteiger charge is -2.07. The van der Waals surface area contributed by atoms with Gasteiger partial charge in [0.1, 0.15) is 22.9 Å². The van der Waals surface area contributed by atoms with Gasteiger partial charge in [0.2, 0.25) is 0 Å². The number of carbonyl (C=O) groups excluding carboxylic acids is 1. The van der Waals surface area contributed by atoms with Crippen LogP contribution in [0.1, 0.15) is 16.0 Å². The van der Waals surface area contributed by atoms with E-state index < -0.39 is 5.91 Å². The summed E-state index contributed by atoms with van der Waals surface area (Å²) < 4.78 is 11.7. The van der Waals surface area contributed by atoms with E-state index in [2.05, 4.69) is 15.5 Å². The van der Waals surface area contributed by atoms with Gasteiger partial charge in [0, 0.05) is 10.4 Å². The Kier molecular flexibility index (Phi) is 5.74. The van der Waals surface area contributed by atoms with Crippen LogP contribution in [0.4, 0.5) is 0 Å². The molecule has 146 valence electrons. The first-order valence-corrected chi connectivity index (χ1v) is 9.25. The molecule has 1 amide bonds. The second kappa shape index (κ2) is 8.22. The molecule has 9 heteroatoms. The van der Waals surface area contributed by atoms with Crippen molar-refractivity contribution < 1.29 is 14.3 Å². The van der Waals surface area contributed by atoms with Crippen molar-refractivity contribution in [2.75, 3.05) is 14.2 Å². The normalized spacial score (nSPS) is 11.1. The number of benzene rings is 1. The topological polar surface area (TPSA) is 94.8 Å². The number of methoxy groups -OCH3 is 2. The Morgan fingerprint density at radius 1 is 1.32 bits per heavy atom. The smallest absolute Gasteiger partial charge is 0.262 e. The van der Waals surface area contributed by atoms with E-state index >= 15 is 0 Å². The van der Waals surface area contributed by atoms with Gasteiger partial charge in [-0.05, 0) is 37.6 Å². The van der Waals surface area contributed by atoms with Crippen LogP contribution >= 0.6 is 11.3 Å². The number of amides is 1. The number of hydrazone groups is 1. The third-order valence-corrected chi connectivity index (χ3v) is 5.41. The summed E-state index contributed by atoms with van der Waals surface area (Å²) in [7, 11) is 3.10. The van der Waals surface area contributed by atoms with E-state index in [-0.39, 0.29) is 12.1 Å². The number of hydrogen-bond acceptors (Lipinski definition) is 7. The molecule has 0 aliphatic heterocycles. The first-order chi connectivity index (χ1) is 13.4. The van der Waals surface area contributed by atoms with Crippen LogP contribution in [-0.4, -0.2) is 35.9 Å². The molecule has 1 N–H and O–H groups in total. The maximum Gasteiger partial charge on any atom is 0.262 e. The monoisotopic (exact) mass is 400 g/mol. The molecule has 28 heavy (non-hydrogen) atoms. The van der Waals surface area contributed by atoms with Gasteiger partial charge in [0.25, 0.3) is 11.5 Å². The van der Waals surface area contributed by atoms with Crippen molar-refractivity contribution in [1.29, 1.82) is 0 Å². The number of nitrogens with zero attached hydrogens (tertiary/aromatic N) is 3. The quantitative estimate of drug-likeness (QED) is 0.506. The number of thiophene rings is 1. The fourth-order valence-corrected chi connectivity index (χ4v) is 3.67. The highest BCUT2D eigenvalue weighted by molar-refractivity contribution is 7.18. The highest BCUT2D eigenvalue weighted by Gasteiger charge is 2.13. The van der Waals surface area contributed by atoms with Crippen LogP contribution in [-0.2, 0) is 11.3 Å². The van der Waals surface area contributed by atoms with Crippen LogP contribution in [0.5, 0.6) is 11.5 Å². The third-order valence-electron chi connectivity index (χ3n) is 4.30. The highest BCUT2D eigenvalue weighted by atomic mass is 32.1. The minimum absolute atomic E-state index is 0.178. The van der Waals surface area contributed by atoms with Gasteiger partial charge < -0.3 is 9.47 Å². The Bertz CT molecular complexity index is 1120. The average molecular weight is 400 g/mol. The van der Waals surface area contributed by atoms with Gasteiger partial charge in [-0.2, -0.15) is 5.10 Å². The summed E-state index contributed by atoms with van der Waals surface area (Å²) in [5, 5.41) is 4.50. The number of hydrogen-bond donors (Lipinski definition) is 1. The number of aromatic nitrogens is 2. The molecule has 0 radical (unpaired) electrons. The van der Waals surface area contributed by atoms with Gasteiger partial charge in [-0.1, -0.05) is 0 Å². The number of carbonyl (C=O) groups is 1. The summed E-state index contributed by atoms with van der Waals surface area (Å²) in [4.78, 5) is 30.8. The number of fused-ring (bicyclic) bond motifs is 1. The van der Waals surface area contributed by atoms with Crippen molar-refractivity contribution >= 4 is 33.7 Å². The third kappa shape index (κ3) is 3.89. The molecule has 0 saturated carbocycles. The summed E-state index contributed by atoms with van der Waals surface area (Å²) in [6.07, 6.45) is 2.84. The molecule has 0 bridgehead atoms. The molecule has 0 aliphatic carbocycles. The van der Waals surface area contributed by atoms with Crippen LogP contribution in [0, 0.1) is 13.8 Å². The van der Waals surface area contributed by atoms with Crippen LogP contribution in [0.15, 0.2) is 34.4 Å². The first-order valence-electron chi connectivity index (χ1n) is 8.43.